The van der Waals surface area contributed by atoms with Crippen LogP contribution in [0.1, 0.15) is 26.7 Å². The molecule has 0 bridgehead atoms. The molecule has 1 fully saturated rings. The number of likely N-dealkylation sites (N-methyl/N-ethyl adjacent to an activating group) is 1. The Kier molecular flexibility index (Phi) is 10.7. The Balaban J connectivity index is 1.95. The van der Waals surface area contributed by atoms with Gasteiger partial charge < -0.3 is 29.7 Å². The molecule has 2 N–H and O–H groups in total. The Morgan fingerprint density at radius 3 is 2.48 bits per heavy atom. The summed E-state index contributed by atoms with van der Waals surface area (Å²) >= 11 is 0. The first-order valence-corrected chi connectivity index (χ1v) is 11.1. The van der Waals surface area contributed by atoms with Crippen LogP contribution in [0.15, 0.2) is 24.3 Å². The van der Waals surface area contributed by atoms with E-state index in [2.05, 4.69) is 24.2 Å². The van der Waals surface area contributed by atoms with Gasteiger partial charge >= 0.3 is 6.03 Å². The van der Waals surface area contributed by atoms with Gasteiger partial charge in [-0.3, -0.25) is 0 Å². The highest BCUT2D eigenvalue weighted by atomic mass is 19.1. The lowest BCUT2D eigenvalue weighted by Gasteiger charge is -2.35. The van der Waals surface area contributed by atoms with Crippen LogP contribution in [0.3, 0.4) is 0 Å². The van der Waals surface area contributed by atoms with E-state index in [0.717, 1.165) is 39.1 Å². The summed E-state index contributed by atoms with van der Waals surface area (Å²) in [5.74, 6) is 0.328. The molecular formula is C23H38FN3O4. The van der Waals surface area contributed by atoms with Gasteiger partial charge in [-0.25, -0.2) is 9.18 Å². The number of nitrogens with one attached hydrogen (secondary N) is 1. The van der Waals surface area contributed by atoms with Crippen molar-refractivity contribution in [1.29, 1.82) is 0 Å². The molecule has 0 saturated carbocycles. The number of methoxy groups -OCH3 is 1. The number of carbonyl (C=O) groups excluding carboxylic acids is 1. The zero-order chi connectivity index (χ0) is 22.8. The molecule has 0 spiro atoms. The molecule has 0 unspecified atom stereocenters. The minimum absolute atomic E-state index is 0.0510. The third kappa shape index (κ3) is 8.37. The molecule has 0 aliphatic carbocycles. The average Bonchev–Trinajstić information content (AvgIpc) is 2.77. The molecule has 8 heteroatoms. The van der Waals surface area contributed by atoms with Crippen LogP contribution in [0.25, 0.3) is 0 Å². The molecule has 2 amide bonds. The van der Waals surface area contributed by atoms with Crippen LogP contribution in [0.2, 0.25) is 0 Å². The first-order valence-electron chi connectivity index (χ1n) is 11.1. The SMILES string of the molecule is CO[C@H](CN(C)CC1CCOCC1)[C@@H](C)CN(C(=O)Nc1ccc(F)cc1)[C@@H](C)CO. The monoisotopic (exact) mass is 439 g/mol. The van der Waals surface area contributed by atoms with E-state index in [0.29, 0.717) is 18.2 Å². The van der Waals surface area contributed by atoms with Gasteiger partial charge in [0, 0.05) is 51.6 Å². The van der Waals surface area contributed by atoms with Crippen LogP contribution >= 0.6 is 0 Å². The van der Waals surface area contributed by atoms with Crippen LogP contribution in [0.5, 0.6) is 0 Å². The Labute approximate surface area is 185 Å². The second-order valence-electron chi connectivity index (χ2n) is 8.65. The smallest absolute Gasteiger partial charge is 0.322 e. The second-order valence-corrected chi connectivity index (χ2v) is 8.65. The van der Waals surface area contributed by atoms with E-state index in [1.807, 2.05) is 0 Å². The van der Waals surface area contributed by atoms with Gasteiger partial charge in [-0.15, -0.1) is 0 Å². The lowest BCUT2D eigenvalue weighted by molar-refractivity contribution is 0.00866. The van der Waals surface area contributed by atoms with E-state index in [1.54, 1.807) is 18.9 Å². The number of rotatable bonds is 11. The number of benzene rings is 1. The van der Waals surface area contributed by atoms with Gasteiger partial charge in [0.15, 0.2) is 0 Å². The fourth-order valence-corrected chi connectivity index (χ4v) is 3.96. The van der Waals surface area contributed by atoms with E-state index >= 15 is 0 Å². The summed E-state index contributed by atoms with van der Waals surface area (Å²) in [4.78, 5) is 16.8. The Bertz CT molecular complexity index is 655. The molecule has 0 aromatic heterocycles. The molecule has 1 aromatic carbocycles. The number of aliphatic hydroxyl groups excluding tert-OH is 1. The molecule has 1 aromatic rings. The van der Waals surface area contributed by atoms with Crippen molar-refractivity contribution in [2.75, 3.05) is 58.9 Å². The fraction of sp³-hybridized carbons (Fsp3) is 0.696. The predicted molar refractivity (Wildman–Crippen MR) is 120 cm³/mol. The third-order valence-electron chi connectivity index (χ3n) is 5.98. The lowest BCUT2D eigenvalue weighted by Crippen LogP contribution is -2.48. The van der Waals surface area contributed by atoms with Crippen LogP contribution in [-0.4, -0.2) is 86.7 Å². The summed E-state index contributed by atoms with van der Waals surface area (Å²) in [6, 6.07) is 4.94. The zero-order valence-electron chi connectivity index (χ0n) is 19.2. The molecule has 3 atom stereocenters. The normalized spacial score (nSPS) is 17.9. The lowest BCUT2D eigenvalue weighted by atomic mass is 9.98. The number of hydrogen-bond donors (Lipinski definition) is 2. The van der Waals surface area contributed by atoms with E-state index in [4.69, 9.17) is 9.47 Å². The van der Waals surface area contributed by atoms with Crippen molar-refractivity contribution < 1.29 is 23.8 Å². The molecule has 1 aliphatic heterocycles. The van der Waals surface area contributed by atoms with E-state index < -0.39 is 0 Å². The summed E-state index contributed by atoms with van der Waals surface area (Å²) in [5, 5.41) is 12.5. The number of halogens is 1. The van der Waals surface area contributed by atoms with E-state index in [9.17, 15) is 14.3 Å². The van der Waals surface area contributed by atoms with Gasteiger partial charge in [-0.1, -0.05) is 6.92 Å². The highest BCUT2D eigenvalue weighted by Gasteiger charge is 2.27. The van der Waals surface area contributed by atoms with Crippen LogP contribution in [0, 0.1) is 17.7 Å². The number of ether oxygens (including phenoxy) is 2. The van der Waals surface area contributed by atoms with Crippen molar-refractivity contribution in [3.63, 3.8) is 0 Å². The quantitative estimate of drug-likeness (QED) is 0.554. The van der Waals surface area contributed by atoms with Crippen molar-refractivity contribution >= 4 is 11.7 Å². The number of aliphatic hydroxyl groups is 1. The first kappa shape index (κ1) is 25.5. The van der Waals surface area contributed by atoms with Gasteiger partial charge in [0.2, 0.25) is 0 Å². The van der Waals surface area contributed by atoms with Crippen molar-refractivity contribution in [2.24, 2.45) is 11.8 Å². The fourth-order valence-electron chi connectivity index (χ4n) is 3.96. The van der Waals surface area contributed by atoms with Gasteiger partial charge in [-0.05, 0) is 57.0 Å². The average molecular weight is 440 g/mol. The summed E-state index contributed by atoms with van der Waals surface area (Å²) < 4.78 is 24.3. The predicted octanol–water partition coefficient (Wildman–Crippen LogP) is 3.05. The highest BCUT2D eigenvalue weighted by molar-refractivity contribution is 5.89. The highest BCUT2D eigenvalue weighted by Crippen LogP contribution is 2.18. The maximum absolute atomic E-state index is 13.1. The van der Waals surface area contributed by atoms with Gasteiger partial charge in [0.05, 0.1) is 18.8 Å². The number of anilines is 1. The number of urea groups is 1. The third-order valence-corrected chi connectivity index (χ3v) is 5.98. The molecule has 31 heavy (non-hydrogen) atoms. The molecule has 7 nitrogen and oxygen atoms in total. The number of carbonyl (C=O) groups is 1. The summed E-state index contributed by atoms with van der Waals surface area (Å²) in [6.45, 7) is 7.56. The van der Waals surface area contributed by atoms with E-state index in [-0.39, 0.29) is 36.5 Å². The maximum atomic E-state index is 13.1. The molecule has 2 rings (SSSR count). The first-order chi connectivity index (χ1) is 14.8. The van der Waals surface area contributed by atoms with Crippen LogP contribution < -0.4 is 5.32 Å². The van der Waals surface area contributed by atoms with Crippen molar-refractivity contribution in [1.82, 2.24) is 9.80 Å². The van der Waals surface area contributed by atoms with Gasteiger partial charge in [0.1, 0.15) is 5.82 Å². The van der Waals surface area contributed by atoms with Crippen molar-refractivity contribution in [2.45, 2.75) is 38.8 Å². The Morgan fingerprint density at radius 2 is 1.90 bits per heavy atom. The standard InChI is InChI=1S/C23H38FN3O4/c1-17(22(30-4)15-26(3)14-19-9-11-31-12-10-19)13-27(18(2)16-28)23(29)25-21-7-5-20(24)6-8-21/h5-8,17-19,22,28H,9-16H2,1-4H3,(H,25,29)/t17-,18-,22+/m0/s1. The number of nitrogens with zero attached hydrogens (tertiary/aromatic N) is 2. The summed E-state index contributed by atoms with van der Waals surface area (Å²) in [5.41, 5.74) is 0.508. The second kappa shape index (κ2) is 13.0. The number of amides is 2. The van der Waals surface area contributed by atoms with E-state index in [1.165, 1.54) is 24.3 Å². The van der Waals surface area contributed by atoms with Gasteiger partial charge in [0.25, 0.3) is 0 Å². The summed E-state index contributed by atoms with van der Waals surface area (Å²) in [7, 11) is 3.80. The number of hydrogen-bond acceptors (Lipinski definition) is 5. The Hall–Kier alpha value is -1.74. The molecule has 176 valence electrons. The summed E-state index contributed by atoms with van der Waals surface area (Å²) in [6.07, 6.45) is 2.11. The van der Waals surface area contributed by atoms with Crippen molar-refractivity contribution in [3.8, 4) is 0 Å². The van der Waals surface area contributed by atoms with Gasteiger partial charge in [-0.2, -0.15) is 0 Å². The van der Waals surface area contributed by atoms with Crippen molar-refractivity contribution in [3.05, 3.63) is 30.1 Å². The topological polar surface area (TPSA) is 74.3 Å². The van der Waals surface area contributed by atoms with Crippen LogP contribution in [-0.2, 0) is 9.47 Å². The molecule has 1 saturated heterocycles. The van der Waals surface area contributed by atoms with Crippen LogP contribution in [0.4, 0.5) is 14.9 Å². The molecule has 1 heterocycles. The zero-order valence-corrected chi connectivity index (χ0v) is 19.2. The minimum Gasteiger partial charge on any atom is -0.394 e. The largest absolute Gasteiger partial charge is 0.394 e. The molecule has 0 radical (unpaired) electrons. The molecule has 1 aliphatic rings. The Morgan fingerprint density at radius 1 is 1.26 bits per heavy atom. The minimum atomic E-state index is -0.361. The maximum Gasteiger partial charge on any atom is 0.322 e. The molecular weight excluding hydrogens is 401 g/mol.